The number of hydrogen-bond acceptors (Lipinski definition) is 5. The Morgan fingerprint density at radius 1 is 1.06 bits per heavy atom. The summed E-state index contributed by atoms with van der Waals surface area (Å²) in [5.74, 6) is -0.214. The lowest BCUT2D eigenvalue weighted by Crippen LogP contribution is -2.44. The maximum atomic E-state index is 13.3. The van der Waals surface area contributed by atoms with Crippen LogP contribution >= 0.6 is 0 Å². The van der Waals surface area contributed by atoms with E-state index in [2.05, 4.69) is 14.8 Å². The van der Waals surface area contributed by atoms with Crippen LogP contribution in [-0.2, 0) is 14.9 Å². The highest BCUT2D eigenvalue weighted by molar-refractivity contribution is 5.94. The fourth-order valence-electron chi connectivity index (χ4n) is 4.46. The van der Waals surface area contributed by atoms with Gasteiger partial charge in [-0.3, -0.25) is 9.59 Å². The van der Waals surface area contributed by atoms with E-state index < -0.39 is 11.7 Å². The van der Waals surface area contributed by atoms with Gasteiger partial charge < -0.3 is 19.5 Å². The van der Waals surface area contributed by atoms with Crippen LogP contribution < -0.4 is 14.8 Å². The van der Waals surface area contributed by atoms with E-state index in [0.717, 1.165) is 5.56 Å². The summed E-state index contributed by atoms with van der Waals surface area (Å²) in [6.07, 6.45) is -1.34. The molecule has 2 aromatic rings. The Labute approximate surface area is 183 Å². The molecule has 8 heteroatoms. The zero-order valence-corrected chi connectivity index (χ0v) is 17.5. The number of benzene rings is 2. The van der Waals surface area contributed by atoms with Crippen LogP contribution in [0.3, 0.4) is 0 Å². The van der Waals surface area contributed by atoms with Gasteiger partial charge in [0.15, 0.2) is 17.3 Å². The molecule has 1 amide bonds. The highest BCUT2D eigenvalue weighted by Crippen LogP contribution is 2.52. The molecule has 0 bridgehead atoms. The van der Waals surface area contributed by atoms with Gasteiger partial charge in [0.05, 0.1) is 11.5 Å². The molecule has 2 heterocycles. The molecular weight excluding hydrogens is 420 g/mol. The SMILES string of the molecule is CC(=O)c1cccc([C@H]2C[C@@H](NC(=O)C3(c4ccc5c(c4)OC(F)(F)O5)CC3)CCO2)c1. The minimum atomic E-state index is -3.68. The first-order valence-electron chi connectivity index (χ1n) is 10.7. The van der Waals surface area contributed by atoms with Crippen molar-refractivity contribution in [2.24, 2.45) is 0 Å². The molecule has 1 N–H and O–H groups in total. The zero-order valence-electron chi connectivity index (χ0n) is 17.5. The van der Waals surface area contributed by atoms with Crippen LogP contribution in [-0.4, -0.2) is 30.6 Å². The third-order valence-corrected chi connectivity index (χ3v) is 6.42. The number of nitrogens with one attached hydrogen (secondary N) is 1. The quantitative estimate of drug-likeness (QED) is 0.699. The minimum absolute atomic E-state index is 0.00956. The maximum Gasteiger partial charge on any atom is 0.586 e. The van der Waals surface area contributed by atoms with Crippen LogP contribution in [0.1, 0.15) is 60.2 Å². The maximum absolute atomic E-state index is 13.3. The van der Waals surface area contributed by atoms with Crippen molar-refractivity contribution in [3.63, 3.8) is 0 Å². The number of alkyl halides is 2. The summed E-state index contributed by atoms with van der Waals surface area (Å²) >= 11 is 0. The van der Waals surface area contributed by atoms with E-state index in [1.807, 2.05) is 18.2 Å². The number of carbonyl (C=O) groups excluding carboxylic acids is 2. The summed E-state index contributed by atoms with van der Waals surface area (Å²) in [5.41, 5.74) is 1.45. The van der Waals surface area contributed by atoms with Crippen molar-refractivity contribution in [3.8, 4) is 11.5 Å². The molecular formula is C24H23F2NO5. The number of amides is 1. The Kier molecular flexibility index (Phi) is 4.93. The number of hydrogen-bond donors (Lipinski definition) is 1. The van der Waals surface area contributed by atoms with E-state index in [-0.39, 0.29) is 35.3 Å². The van der Waals surface area contributed by atoms with Gasteiger partial charge in [0.25, 0.3) is 0 Å². The molecule has 6 nitrogen and oxygen atoms in total. The third-order valence-electron chi connectivity index (χ3n) is 6.42. The molecule has 2 atom stereocenters. The number of rotatable bonds is 5. The van der Waals surface area contributed by atoms with Crippen molar-refractivity contribution in [2.75, 3.05) is 6.61 Å². The van der Waals surface area contributed by atoms with Gasteiger partial charge in [-0.05, 0) is 61.9 Å². The van der Waals surface area contributed by atoms with Gasteiger partial charge in [-0.25, -0.2) is 0 Å². The van der Waals surface area contributed by atoms with E-state index >= 15 is 0 Å². The highest BCUT2D eigenvalue weighted by Gasteiger charge is 2.53. The summed E-state index contributed by atoms with van der Waals surface area (Å²) in [7, 11) is 0. The van der Waals surface area contributed by atoms with E-state index in [0.29, 0.717) is 43.4 Å². The predicted octanol–water partition coefficient (Wildman–Crippen LogP) is 4.28. The molecule has 0 radical (unpaired) electrons. The van der Waals surface area contributed by atoms with Crippen LogP contribution in [0, 0.1) is 0 Å². The molecule has 3 aliphatic rings. The van der Waals surface area contributed by atoms with Crippen LogP contribution in [0.15, 0.2) is 42.5 Å². The molecule has 1 saturated heterocycles. The number of Topliss-reactive ketones (excluding diaryl/α,β-unsaturated/α-hetero) is 1. The number of carbonyl (C=O) groups is 2. The first-order valence-corrected chi connectivity index (χ1v) is 10.7. The monoisotopic (exact) mass is 443 g/mol. The third kappa shape index (κ3) is 3.83. The normalized spacial score (nSPS) is 24.6. The Hall–Kier alpha value is -3.00. The number of halogens is 2. The molecule has 0 spiro atoms. The van der Waals surface area contributed by atoms with E-state index in [4.69, 9.17) is 4.74 Å². The molecule has 1 saturated carbocycles. The average Bonchev–Trinajstić information content (AvgIpc) is 3.51. The standard InChI is InChI=1S/C24H23F2NO5/c1-14(28)15-3-2-4-16(11-15)20-13-18(7-10-30-20)27-22(29)23(8-9-23)17-5-6-19-21(12-17)32-24(25,26)31-19/h2-6,11-12,18,20H,7-10,13H2,1H3,(H,27,29)/t18-,20+/m0/s1. The predicted molar refractivity (Wildman–Crippen MR) is 110 cm³/mol. The number of ether oxygens (including phenoxy) is 3. The summed E-state index contributed by atoms with van der Waals surface area (Å²) in [6.45, 7) is 2.02. The molecule has 2 aliphatic heterocycles. The van der Waals surface area contributed by atoms with Crippen LogP contribution in [0.5, 0.6) is 11.5 Å². The fraction of sp³-hybridized carbons (Fsp3) is 0.417. The van der Waals surface area contributed by atoms with Gasteiger partial charge in [-0.15, -0.1) is 8.78 Å². The lowest BCUT2D eigenvalue weighted by Gasteiger charge is -2.31. The van der Waals surface area contributed by atoms with Crippen LogP contribution in [0.2, 0.25) is 0 Å². The summed E-state index contributed by atoms with van der Waals surface area (Å²) in [5, 5.41) is 3.14. The summed E-state index contributed by atoms with van der Waals surface area (Å²) in [6, 6.07) is 11.8. The first kappa shape index (κ1) is 20.9. The van der Waals surface area contributed by atoms with Crippen molar-refractivity contribution < 1.29 is 32.6 Å². The summed E-state index contributed by atoms with van der Waals surface area (Å²) in [4.78, 5) is 24.9. The van der Waals surface area contributed by atoms with E-state index in [1.54, 1.807) is 12.1 Å². The molecule has 2 fully saturated rings. The van der Waals surface area contributed by atoms with Crippen molar-refractivity contribution in [1.29, 1.82) is 0 Å². The average molecular weight is 443 g/mol. The lowest BCUT2D eigenvalue weighted by atomic mass is 9.92. The second kappa shape index (κ2) is 7.55. The zero-order chi connectivity index (χ0) is 22.5. The Bertz CT molecular complexity index is 1080. The molecule has 5 rings (SSSR count). The second-order valence-electron chi connectivity index (χ2n) is 8.65. The molecule has 168 valence electrons. The molecule has 0 aromatic heterocycles. The second-order valence-corrected chi connectivity index (χ2v) is 8.65. The number of ketones is 1. The molecule has 32 heavy (non-hydrogen) atoms. The van der Waals surface area contributed by atoms with Gasteiger partial charge in [-0.2, -0.15) is 0 Å². The van der Waals surface area contributed by atoms with Crippen LogP contribution in [0.25, 0.3) is 0 Å². The van der Waals surface area contributed by atoms with Crippen molar-refractivity contribution in [2.45, 2.75) is 56.5 Å². The smallest absolute Gasteiger partial charge is 0.395 e. The first-order chi connectivity index (χ1) is 15.3. The van der Waals surface area contributed by atoms with Gasteiger partial charge in [0, 0.05) is 18.2 Å². The topological polar surface area (TPSA) is 73.9 Å². The van der Waals surface area contributed by atoms with Crippen molar-refractivity contribution in [1.82, 2.24) is 5.32 Å². The molecule has 0 unspecified atom stereocenters. The minimum Gasteiger partial charge on any atom is -0.395 e. The fourth-order valence-corrected chi connectivity index (χ4v) is 4.46. The highest BCUT2D eigenvalue weighted by atomic mass is 19.3. The van der Waals surface area contributed by atoms with Gasteiger partial charge in [-0.1, -0.05) is 24.3 Å². The van der Waals surface area contributed by atoms with Crippen molar-refractivity contribution >= 4 is 11.7 Å². The molecule has 1 aliphatic carbocycles. The van der Waals surface area contributed by atoms with E-state index in [1.165, 1.54) is 19.1 Å². The van der Waals surface area contributed by atoms with Gasteiger partial charge >= 0.3 is 6.29 Å². The lowest BCUT2D eigenvalue weighted by molar-refractivity contribution is -0.286. The van der Waals surface area contributed by atoms with Crippen LogP contribution in [0.4, 0.5) is 8.78 Å². The van der Waals surface area contributed by atoms with E-state index in [9.17, 15) is 18.4 Å². The summed E-state index contributed by atoms with van der Waals surface area (Å²) < 4.78 is 41.6. The Balaban J connectivity index is 1.28. The van der Waals surface area contributed by atoms with Crippen molar-refractivity contribution in [3.05, 3.63) is 59.2 Å². The Morgan fingerprint density at radius 2 is 1.84 bits per heavy atom. The Morgan fingerprint density at radius 3 is 2.59 bits per heavy atom. The molecule has 2 aromatic carbocycles. The van der Waals surface area contributed by atoms with Gasteiger partial charge in [0.2, 0.25) is 5.91 Å². The van der Waals surface area contributed by atoms with Gasteiger partial charge in [0.1, 0.15) is 0 Å². The number of fused-ring (bicyclic) bond motifs is 1. The largest absolute Gasteiger partial charge is 0.586 e.